The van der Waals surface area contributed by atoms with Crippen LogP contribution in [0, 0.1) is 10.1 Å². The van der Waals surface area contributed by atoms with Crippen molar-refractivity contribution in [2.75, 3.05) is 37.7 Å². The standard InChI is InChI=1S/C19H23N5O6/c1-4-21-11-14(19(27)30-5-2)16(26)13-10-15(24(28)29)18(20-17(13)21)23-8-6-22(7-9-23)12(3)25/h10-11H,4-9H2,1-3H3. The van der Waals surface area contributed by atoms with Gasteiger partial charge in [0.1, 0.15) is 11.2 Å². The third-order valence-corrected chi connectivity index (χ3v) is 5.07. The smallest absolute Gasteiger partial charge is 0.343 e. The Bertz CT molecular complexity index is 1070. The molecule has 0 aliphatic carbocycles. The molecule has 1 aliphatic rings. The van der Waals surface area contributed by atoms with Crippen LogP contribution in [0.15, 0.2) is 17.1 Å². The van der Waals surface area contributed by atoms with Gasteiger partial charge in [-0.05, 0) is 13.8 Å². The summed E-state index contributed by atoms with van der Waals surface area (Å²) in [6, 6.07) is 1.17. The Balaban J connectivity index is 2.16. The van der Waals surface area contributed by atoms with Crippen LogP contribution in [0.2, 0.25) is 0 Å². The number of nitrogens with zero attached hydrogens (tertiary/aromatic N) is 5. The molecule has 1 saturated heterocycles. The first-order valence-electron chi connectivity index (χ1n) is 9.68. The maximum atomic E-state index is 12.9. The second kappa shape index (κ2) is 8.47. The van der Waals surface area contributed by atoms with Crippen LogP contribution in [0.4, 0.5) is 11.5 Å². The number of hydrogen-bond acceptors (Lipinski definition) is 8. The number of ether oxygens (including phenoxy) is 1. The molecule has 0 aromatic carbocycles. The molecule has 30 heavy (non-hydrogen) atoms. The summed E-state index contributed by atoms with van der Waals surface area (Å²) in [5.74, 6) is -0.693. The average molecular weight is 417 g/mol. The van der Waals surface area contributed by atoms with Gasteiger partial charge >= 0.3 is 11.7 Å². The molecule has 2 aromatic rings. The van der Waals surface area contributed by atoms with Crippen molar-refractivity contribution in [3.05, 3.63) is 38.2 Å². The van der Waals surface area contributed by atoms with E-state index in [1.54, 1.807) is 21.3 Å². The summed E-state index contributed by atoms with van der Waals surface area (Å²) < 4.78 is 6.54. The maximum absolute atomic E-state index is 12.9. The van der Waals surface area contributed by atoms with Crippen LogP contribution in [-0.2, 0) is 16.1 Å². The van der Waals surface area contributed by atoms with Gasteiger partial charge in [-0.1, -0.05) is 0 Å². The maximum Gasteiger partial charge on any atom is 0.343 e. The summed E-state index contributed by atoms with van der Waals surface area (Å²) in [7, 11) is 0. The second-order valence-electron chi connectivity index (χ2n) is 6.83. The minimum absolute atomic E-state index is 0.0137. The summed E-state index contributed by atoms with van der Waals surface area (Å²) in [5, 5.41) is 11.7. The molecule has 0 radical (unpaired) electrons. The molecule has 2 aromatic heterocycles. The molecule has 11 heteroatoms. The SMILES string of the molecule is CCOC(=O)c1cn(CC)c2nc(N3CCN(C(C)=O)CC3)c([N+](=O)[O-])cc2c1=O. The topological polar surface area (TPSA) is 128 Å². The van der Waals surface area contributed by atoms with Gasteiger partial charge in [0, 0.05) is 51.9 Å². The van der Waals surface area contributed by atoms with Crippen molar-refractivity contribution in [1.82, 2.24) is 14.5 Å². The molecular formula is C19H23N5O6. The molecule has 0 N–H and O–H groups in total. The van der Waals surface area contributed by atoms with Crippen LogP contribution in [0.1, 0.15) is 31.1 Å². The zero-order valence-electron chi connectivity index (χ0n) is 17.1. The second-order valence-corrected chi connectivity index (χ2v) is 6.83. The first-order valence-corrected chi connectivity index (χ1v) is 9.68. The number of nitro groups is 1. The van der Waals surface area contributed by atoms with Gasteiger partial charge in [-0.3, -0.25) is 19.7 Å². The van der Waals surface area contributed by atoms with Gasteiger partial charge in [-0.15, -0.1) is 0 Å². The highest BCUT2D eigenvalue weighted by molar-refractivity contribution is 5.94. The van der Waals surface area contributed by atoms with E-state index in [1.807, 2.05) is 6.92 Å². The lowest BCUT2D eigenvalue weighted by Crippen LogP contribution is -2.48. The van der Waals surface area contributed by atoms with Gasteiger partial charge in [0.15, 0.2) is 0 Å². The number of pyridine rings is 2. The zero-order chi connectivity index (χ0) is 22.0. The van der Waals surface area contributed by atoms with Crippen LogP contribution in [0.5, 0.6) is 0 Å². The number of fused-ring (bicyclic) bond motifs is 1. The Morgan fingerprint density at radius 2 is 1.90 bits per heavy atom. The Morgan fingerprint density at radius 1 is 1.23 bits per heavy atom. The molecule has 1 amide bonds. The molecule has 0 bridgehead atoms. The fraction of sp³-hybridized carbons (Fsp3) is 0.474. The molecule has 11 nitrogen and oxygen atoms in total. The van der Waals surface area contributed by atoms with Crippen LogP contribution in [0.25, 0.3) is 11.0 Å². The highest BCUT2D eigenvalue weighted by Crippen LogP contribution is 2.30. The van der Waals surface area contributed by atoms with E-state index in [1.165, 1.54) is 19.2 Å². The van der Waals surface area contributed by atoms with E-state index in [-0.39, 0.29) is 40.6 Å². The van der Waals surface area contributed by atoms with Crippen LogP contribution in [-0.4, -0.2) is 64.0 Å². The number of amides is 1. The van der Waals surface area contributed by atoms with Gasteiger partial charge in [-0.2, -0.15) is 0 Å². The van der Waals surface area contributed by atoms with Gasteiger partial charge in [0.05, 0.1) is 16.9 Å². The number of hydrogen-bond donors (Lipinski definition) is 0. The number of aryl methyl sites for hydroxylation is 1. The first-order chi connectivity index (χ1) is 14.3. The summed E-state index contributed by atoms with van der Waals surface area (Å²) in [6.45, 7) is 7.04. The monoisotopic (exact) mass is 417 g/mol. The minimum atomic E-state index is -0.779. The van der Waals surface area contributed by atoms with E-state index in [0.717, 1.165) is 0 Å². The third kappa shape index (κ3) is 3.82. The van der Waals surface area contributed by atoms with E-state index < -0.39 is 16.3 Å². The van der Waals surface area contributed by atoms with Crippen molar-refractivity contribution in [1.29, 1.82) is 0 Å². The van der Waals surface area contributed by atoms with Gasteiger partial charge in [0.2, 0.25) is 17.2 Å². The largest absolute Gasteiger partial charge is 0.462 e. The number of rotatable bonds is 5. The normalized spacial score (nSPS) is 14.1. The lowest BCUT2D eigenvalue weighted by Gasteiger charge is -2.34. The molecule has 1 aliphatic heterocycles. The summed E-state index contributed by atoms with van der Waals surface area (Å²) in [4.78, 5) is 55.6. The van der Waals surface area contributed by atoms with E-state index in [2.05, 4.69) is 4.98 Å². The number of carbonyl (C=O) groups is 2. The molecule has 160 valence electrons. The Morgan fingerprint density at radius 3 is 2.43 bits per heavy atom. The summed E-state index contributed by atoms with van der Waals surface area (Å²) in [5.41, 5.74) is -0.911. The van der Waals surface area contributed by atoms with Crippen molar-refractivity contribution in [2.45, 2.75) is 27.3 Å². The lowest BCUT2D eigenvalue weighted by atomic mass is 10.1. The van der Waals surface area contributed by atoms with Crippen molar-refractivity contribution < 1.29 is 19.2 Å². The molecule has 0 spiro atoms. The van der Waals surface area contributed by atoms with E-state index in [0.29, 0.717) is 32.7 Å². The van der Waals surface area contributed by atoms with E-state index in [9.17, 15) is 24.5 Å². The van der Waals surface area contributed by atoms with Crippen LogP contribution in [0.3, 0.4) is 0 Å². The Kier molecular flexibility index (Phi) is 5.99. The fourth-order valence-electron chi connectivity index (χ4n) is 3.49. The van der Waals surface area contributed by atoms with E-state index >= 15 is 0 Å². The van der Waals surface area contributed by atoms with Crippen molar-refractivity contribution >= 4 is 34.4 Å². The van der Waals surface area contributed by atoms with Crippen molar-refractivity contribution in [3.63, 3.8) is 0 Å². The summed E-state index contributed by atoms with van der Waals surface area (Å²) >= 11 is 0. The molecule has 0 unspecified atom stereocenters. The number of esters is 1. The zero-order valence-corrected chi connectivity index (χ0v) is 17.1. The van der Waals surface area contributed by atoms with Gasteiger partial charge in [0.25, 0.3) is 0 Å². The molecular weight excluding hydrogens is 394 g/mol. The predicted octanol–water partition coefficient (Wildman–Crippen LogP) is 1.17. The van der Waals surface area contributed by atoms with E-state index in [4.69, 9.17) is 4.74 Å². The molecule has 0 saturated carbocycles. The van der Waals surface area contributed by atoms with Gasteiger partial charge < -0.3 is 19.1 Å². The van der Waals surface area contributed by atoms with Crippen molar-refractivity contribution in [3.8, 4) is 0 Å². The van der Waals surface area contributed by atoms with Crippen LogP contribution < -0.4 is 10.3 Å². The Labute approximate surface area is 172 Å². The van der Waals surface area contributed by atoms with Crippen LogP contribution >= 0.6 is 0 Å². The number of aromatic nitrogens is 2. The average Bonchev–Trinajstić information content (AvgIpc) is 2.73. The molecule has 0 atom stereocenters. The number of anilines is 1. The molecule has 1 fully saturated rings. The number of carbonyl (C=O) groups excluding carboxylic acids is 2. The number of piperazine rings is 1. The predicted molar refractivity (Wildman–Crippen MR) is 109 cm³/mol. The fourth-order valence-corrected chi connectivity index (χ4v) is 3.49. The van der Waals surface area contributed by atoms with Gasteiger partial charge in [-0.25, -0.2) is 9.78 Å². The highest BCUT2D eigenvalue weighted by atomic mass is 16.6. The minimum Gasteiger partial charge on any atom is -0.462 e. The molecule has 3 rings (SSSR count). The lowest BCUT2D eigenvalue weighted by molar-refractivity contribution is -0.384. The first kappa shape index (κ1) is 21.2. The quantitative estimate of drug-likeness (QED) is 0.403. The molecule has 3 heterocycles. The van der Waals surface area contributed by atoms with Crippen molar-refractivity contribution in [2.24, 2.45) is 0 Å². The summed E-state index contributed by atoms with van der Waals surface area (Å²) in [6.07, 6.45) is 1.37. The third-order valence-electron chi connectivity index (χ3n) is 5.07. The Hall–Kier alpha value is -3.50. The highest BCUT2D eigenvalue weighted by Gasteiger charge is 2.29.